The number of rotatable bonds is 2. The van der Waals surface area contributed by atoms with Gasteiger partial charge in [-0.2, -0.15) is 0 Å². The van der Waals surface area contributed by atoms with Crippen LogP contribution in [0.4, 0.5) is 8.78 Å². The number of halogens is 3. The van der Waals surface area contributed by atoms with Gasteiger partial charge in [-0.1, -0.05) is 6.07 Å². The largest absolute Gasteiger partial charge is 0.316 e. The molecule has 0 saturated carbocycles. The smallest absolute Gasteiger partial charge is 0.130 e. The Bertz CT molecular complexity index is 415. The third-order valence-electron chi connectivity index (χ3n) is 3.87. The SMILES string of the molecule is Cl.Fc1ccc(CN2C[C@H]3CNC[C@H]3C2)c(F)c1. The van der Waals surface area contributed by atoms with E-state index in [1.807, 2.05) is 0 Å². The maximum Gasteiger partial charge on any atom is 0.130 e. The summed E-state index contributed by atoms with van der Waals surface area (Å²) >= 11 is 0. The number of benzene rings is 1. The molecule has 1 N–H and O–H groups in total. The van der Waals surface area contributed by atoms with Crippen molar-refractivity contribution in [2.24, 2.45) is 11.8 Å². The molecule has 2 saturated heterocycles. The normalized spacial score (nSPS) is 27.0. The van der Waals surface area contributed by atoms with Crippen LogP contribution in [0.3, 0.4) is 0 Å². The van der Waals surface area contributed by atoms with Crippen LogP contribution in [0.1, 0.15) is 5.56 Å². The number of fused-ring (bicyclic) bond motifs is 1. The molecule has 0 aliphatic carbocycles. The molecule has 0 bridgehead atoms. The van der Waals surface area contributed by atoms with E-state index in [0.29, 0.717) is 23.9 Å². The Balaban J connectivity index is 0.00000120. The zero-order valence-electron chi connectivity index (χ0n) is 10.0. The summed E-state index contributed by atoms with van der Waals surface area (Å²) in [6, 6.07) is 3.85. The molecular formula is C13H17ClF2N2. The second kappa shape index (κ2) is 5.51. The predicted molar refractivity (Wildman–Crippen MR) is 68.7 cm³/mol. The number of nitrogens with zero attached hydrogens (tertiary/aromatic N) is 1. The molecule has 5 heteroatoms. The van der Waals surface area contributed by atoms with Crippen molar-refractivity contribution in [3.8, 4) is 0 Å². The van der Waals surface area contributed by atoms with Crippen molar-refractivity contribution >= 4 is 12.4 Å². The van der Waals surface area contributed by atoms with Crippen LogP contribution in [-0.4, -0.2) is 31.1 Å². The van der Waals surface area contributed by atoms with Gasteiger partial charge in [-0.05, 0) is 31.0 Å². The fourth-order valence-electron chi connectivity index (χ4n) is 2.97. The first kappa shape index (κ1) is 13.7. The highest BCUT2D eigenvalue weighted by Gasteiger charge is 2.35. The minimum Gasteiger partial charge on any atom is -0.316 e. The van der Waals surface area contributed by atoms with Gasteiger partial charge in [0.15, 0.2) is 0 Å². The molecule has 0 unspecified atom stereocenters. The maximum atomic E-state index is 13.5. The van der Waals surface area contributed by atoms with Crippen molar-refractivity contribution in [1.29, 1.82) is 0 Å². The Morgan fingerprint density at radius 2 is 1.83 bits per heavy atom. The highest BCUT2D eigenvalue weighted by molar-refractivity contribution is 5.85. The van der Waals surface area contributed by atoms with E-state index in [4.69, 9.17) is 0 Å². The number of hydrogen-bond donors (Lipinski definition) is 1. The van der Waals surface area contributed by atoms with Crippen molar-refractivity contribution in [2.75, 3.05) is 26.2 Å². The van der Waals surface area contributed by atoms with Crippen LogP contribution in [0.15, 0.2) is 18.2 Å². The van der Waals surface area contributed by atoms with Gasteiger partial charge in [0.1, 0.15) is 11.6 Å². The van der Waals surface area contributed by atoms with Gasteiger partial charge in [0, 0.05) is 31.3 Å². The number of likely N-dealkylation sites (tertiary alicyclic amines) is 1. The van der Waals surface area contributed by atoms with E-state index in [1.165, 1.54) is 6.07 Å². The van der Waals surface area contributed by atoms with E-state index in [0.717, 1.165) is 32.2 Å². The van der Waals surface area contributed by atoms with E-state index < -0.39 is 11.6 Å². The lowest BCUT2D eigenvalue weighted by atomic mass is 10.0. The summed E-state index contributed by atoms with van der Waals surface area (Å²) in [4.78, 5) is 2.27. The third-order valence-corrected chi connectivity index (χ3v) is 3.87. The van der Waals surface area contributed by atoms with E-state index in [1.54, 1.807) is 6.07 Å². The van der Waals surface area contributed by atoms with Gasteiger partial charge in [0.2, 0.25) is 0 Å². The van der Waals surface area contributed by atoms with E-state index in [9.17, 15) is 8.78 Å². The summed E-state index contributed by atoms with van der Waals surface area (Å²) in [6.07, 6.45) is 0. The summed E-state index contributed by atoms with van der Waals surface area (Å²) in [5.41, 5.74) is 0.597. The van der Waals surface area contributed by atoms with Gasteiger partial charge < -0.3 is 5.32 Å². The fraction of sp³-hybridized carbons (Fsp3) is 0.538. The Morgan fingerprint density at radius 3 is 2.44 bits per heavy atom. The van der Waals surface area contributed by atoms with Gasteiger partial charge >= 0.3 is 0 Å². The summed E-state index contributed by atoms with van der Waals surface area (Å²) in [5, 5.41) is 3.38. The van der Waals surface area contributed by atoms with Gasteiger partial charge in [-0.15, -0.1) is 12.4 Å². The number of nitrogens with one attached hydrogen (secondary N) is 1. The molecular weight excluding hydrogens is 258 g/mol. The average Bonchev–Trinajstić information content (AvgIpc) is 2.82. The van der Waals surface area contributed by atoms with Crippen LogP contribution >= 0.6 is 12.4 Å². The van der Waals surface area contributed by atoms with Gasteiger partial charge in [-0.3, -0.25) is 4.90 Å². The van der Waals surface area contributed by atoms with E-state index >= 15 is 0 Å². The van der Waals surface area contributed by atoms with Crippen molar-refractivity contribution in [3.05, 3.63) is 35.4 Å². The molecule has 3 rings (SSSR count). The van der Waals surface area contributed by atoms with Crippen molar-refractivity contribution in [3.63, 3.8) is 0 Å². The Kier molecular flexibility index (Phi) is 4.20. The number of hydrogen-bond acceptors (Lipinski definition) is 2. The molecule has 2 atom stereocenters. The van der Waals surface area contributed by atoms with Crippen molar-refractivity contribution in [1.82, 2.24) is 10.2 Å². The third kappa shape index (κ3) is 2.66. The first-order chi connectivity index (χ1) is 8.22. The molecule has 100 valence electrons. The van der Waals surface area contributed by atoms with Crippen molar-refractivity contribution < 1.29 is 8.78 Å². The molecule has 18 heavy (non-hydrogen) atoms. The summed E-state index contributed by atoms with van der Waals surface area (Å²) in [7, 11) is 0. The Morgan fingerprint density at radius 1 is 1.17 bits per heavy atom. The molecule has 1 aromatic carbocycles. The first-order valence-electron chi connectivity index (χ1n) is 6.09. The Hall–Kier alpha value is -0.710. The first-order valence-corrected chi connectivity index (χ1v) is 6.09. The van der Waals surface area contributed by atoms with E-state index in [-0.39, 0.29) is 12.4 Å². The lowest BCUT2D eigenvalue weighted by Gasteiger charge is -2.17. The van der Waals surface area contributed by atoms with Crippen LogP contribution in [0.5, 0.6) is 0 Å². The van der Waals surface area contributed by atoms with Gasteiger partial charge in [0.05, 0.1) is 0 Å². The zero-order valence-corrected chi connectivity index (χ0v) is 10.9. The van der Waals surface area contributed by atoms with Crippen LogP contribution in [0, 0.1) is 23.5 Å². The minimum absolute atomic E-state index is 0. The lowest BCUT2D eigenvalue weighted by molar-refractivity contribution is 0.300. The zero-order chi connectivity index (χ0) is 11.8. The molecule has 2 nitrogen and oxygen atoms in total. The summed E-state index contributed by atoms with van der Waals surface area (Å²) in [6.45, 7) is 4.79. The molecule has 0 amide bonds. The highest BCUT2D eigenvalue weighted by Crippen LogP contribution is 2.27. The molecule has 2 aliphatic heterocycles. The lowest BCUT2D eigenvalue weighted by Crippen LogP contribution is -2.25. The monoisotopic (exact) mass is 274 g/mol. The minimum atomic E-state index is -0.506. The van der Waals surface area contributed by atoms with Gasteiger partial charge in [-0.25, -0.2) is 8.78 Å². The topological polar surface area (TPSA) is 15.3 Å². The van der Waals surface area contributed by atoms with Gasteiger partial charge in [0.25, 0.3) is 0 Å². The molecule has 0 aromatic heterocycles. The van der Waals surface area contributed by atoms with E-state index in [2.05, 4.69) is 10.2 Å². The highest BCUT2D eigenvalue weighted by atomic mass is 35.5. The second-order valence-corrected chi connectivity index (χ2v) is 5.11. The van der Waals surface area contributed by atoms with Crippen LogP contribution < -0.4 is 5.32 Å². The molecule has 2 fully saturated rings. The predicted octanol–water partition coefficient (Wildman–Crippen LogP) is 2.04. The maximum absolute atomic E-state index is 13.5. The van der Waals surface area contributed by atoms with Crippen molar-refractivity contribution in [2.45, 2.75) is 6.54 Å². The van der Waals surface area contributed by atoms with Crippen LogP contribution in [0.25, 0.3) is 0 Å². The van der Waals surface area contributed by atoms with Crippen LogP contribution in [-0.2, 0) is 6.54 Å². The summed E-state index contributed by atoms with van der Waals surface area (Å²) < 4.78 is 26.3. The second-order valence-electron chi connectivity index (χ2n) is 5.11. The molecule has 2 aliphatic rings. The fourth-order valence-corrected chi connectivity index (χ4v) is 2.97. The quantitative estimate of drug-likeness (QED) is 0.888. The summed E-state index contributed by atoms with van der Waals surface area (Å²) in [5.74, 6) is 0.478. The Labute approximate surface area is 112 Å². The standard InChI is InChI=1S/C13H16F2N2.ClH/c14-12-2-1-9(13(15)3-12)6-17-7-10-4-16-5-11(10)8-17;/h1-3,10-11,16H,4-8H2;1H/t10-,11+;. The molecule has 2 heterocycles. The molecule has 0 radical (unpaired) electrons. The van der Waals surface area contributed by atoms with Crippen LogP contribution in [0.2, 0.25) is 0 Å². The average molecular weight is 275 g/mol. The molecule has 1 aromatic rings. The molecule has 0 spiro atoms.